The van der Waals surface area contributed by atoms with Crippen LogP contribution in [0.3, 0.4) is 0 Å². The molecule has 4 rings (SSSR count). The van der Waals surface area contributed by atoms with E-state index in [1.165, 1.54) is 37.1 Å². The van der Waals surface area contributed by atoms with Gasteiger partial charge in [-0.15, -0.1) is 0 Å². The highest BCUT2D eigenvalue weighted by Crippen LogP contribution is 2.33. The van der Waals surface area contributed by atoms with Crippen LogP contribution in [-0.4, -0.2) is 29.9 Å². The molecule has 0 aliphatic carbocycles. The Kier molecular flexibility index (Phi) is 4.11. The highest BCUT2D eigenvalue weighted by atomic mass is 16.2. The van der Waals surface area contributed by atoms with Gasteiger partial charge in [0.05, 0.1) is 0 Å². The highest BCUT2D eigenvalue weighted by Gasteiger charge is 2.31. The number of para-hydroxylation sites is 1. The van der Waals surface area contributed by atoms with Crippen LogP contribution in [0.15, 0.2) is 48.5 Å². The smallest absolute Gasteiger partial charge is 0.258 e. The Bertz CT molecular complexity index is 732. The maximum absolute atomic E-state index is 13.0. The molecule has 0 saturated carbocycles. The van der Waals surface area contributed by atoms with Gasteiger partial charge < -0.3 is 4.90 Å². The third-order valence-corrected chi connectivity index (χ3v) is 5.23. The van der Waals surface area contributed by atoms with Crippen LogP contribution in [0.2, 0.25) is 0 Å². The molecule has 1 atom stereocenters. The summed E-state index contributed by atoms with van der Waals surface area (Å²) < 4.78 is 0. The van der Waals surface area contributed by atoms with Crippen LogP contribution in [0.1, 0.15) is 41.3 Å². The van der Waals surface area contributed by atoms with Crippen molar-refractivity contribution in [1.29, 1.82) is 0 Å². The number of anilines is 1. The van der Waals surface area contributed by atoms with Gasteiger partial charge in [-0.3, -0.25) is 9.69 Å². The monoisotopic (exact) mass is 320 g/mol. The minimum atomic E-state index is 0.111. The first-order valence-electron chi connectivity index (χ1n) is 8.95. The van der Waals surface area contributed by atoms with E-state index < -0.39 is 0 Å². The number of carbonyl (C=O) groups excluding carboxylic acids is 1. The molecule has 2 heterocycles. The van der Waals surface area contributed by atoms with Gasteiger partial charge in [0.25, 0.3) is 5.91 Å². The lowest BCUT2D eigenvalue weighted by Crippen LogP contribution is -2.35. The normalized spacial score (nSPS) is 20.4. The lowest BCUT2D eigenvalue weighted by molar-refractivity contribution is 0.0981. The Morgan fingerprint density at radius 1 is 1.04 bits per heavy atom. The van der Waals surface area contributed by atoms with Crippen LogP contribution in [-0.2, 0) is 13.0 Å². The van der Waals surface area contributed by atoms with Crippen molar-refractivity contribution in [3.05, 3.63) is 65.2 Å². The molecule has 0 N–H and O–H groups in total. The third kappa shape index (κ3) is 2.84. The minimum absolute atomic E-state index is 0.111. The van der Waals surface area contributed by atoms with Crippen LogP contribution in [0, 0.1) is 0 Å². The lowest BCUT2D eigenvalue weighted by atomic mass is 10.1. The van der Waals surface area contributed by atoms with E-state index in [2.05, 4.69) is 36.1 Å². The molecule has 124 valence electrons. The van der Waals surface area contributed by atoms with Crippen molar-refractivity contribution >= 4 is 11.6 Å². The number of likely N-dealkylation sites (tertiary alicyclic amines) is 1. The number of hydrogen-bond donors (Lipinski definition) is 0. The Morgan fingerprint density at radius 3 is 2.50 bits per heavy atom. The lowest BCUT2D eigenvalue weighted by Gasteiger charge is -2.23. The summed E-state index contributed by atoms with van der Waals surface area (Å²) in [7, 11) is 0. The van der Waals surface area contributed by atoms with E-state index in [9.17, 15) is 4.79 Å². The fourth-order valence-electron chi connectivity index (χ4n) is 3.97. The van der Waals surface area contributed by atoms with Gasteiger partial charge in [0, 0.05) is 23.8 Å². The number of fused-ring (bicyclic) bond motifs is 1. The van der Waals surface area contributed by atoms with Crippen molar-refractivity contribution in [2.24, 2.45) is 0 Å². The van der Waals surface area contributed by atoms with E-state index in [4.69, 9.17) is 0 Å². The summed E-state index contributed by atoms with van der Waals surface area (Å²) in [5.41, 5.74) is 4.41. The summed E-state index contributed by atoms with van der Waals surface area (Å²) in [5.74, 6) is 0.111. The second kappa shape index (κ2) is 6.40. The molecule has 2 aromatic carbocycles. The Balaban J connectivity index is 1.52. The van der Waals surface area contributed by atoms with Crippen molar-refractivity contribution in [3.8, 4) is 0 Å². The van der Waals surface area contributed by atoms with Crippen LogP contribution < -0.4 is 4.90 Å². The molecule has 2 aliphatic rings. The summed E-state index contributed by atoms with van der Waals surface area (Å²) >= 11 is 0. The maximum atomic E-state index is 13.0. The van der Waals surface area contributed by atoms with Crippen molar-refractivity contribution < 1.29 is 4.79 Å². The largest absolute Gasteiger partial charge is 0.305 e. The van der Waals surface area contributed by atoms with Gasteiger partial charge in [0.2, 0.25) is 0 Å². The minimum Gasteiger partial charge on any atom is -0.305 e. The molecule has 0 radical (unpaired) electrons. The summed E-state index contributed by atoms with van der Waals surface area (Å²) in [6.45, 7) is 5.52. The van der Waals surface area contributed by atoms with Crippen molar-refractivity contribution in [2.45, 2.75) is 38.8 Å². The van der Waals surface area contributed by atoms with Crippen LogP contribution >= 0.6 is 0 Å². The molecule has 2 aliphatic heterocycles. The van der Waals surface area contributed by atoms with Crippen molar-refractivity contribution in [2.75, 3.05) is 18.0 Å². The molecule has 3 heteroatoms. The second-order valence-electron chi connectivity index (χ2n) is 7.04. The highest BCUT2D eigenvalue weighted by molar-refractivity contribution is 6.07. The number of amides is 1. The quantitative estimate of drug-likeness (QED) is 0.857. The third-order valence-electron chi connectivity index (χ3n) is 5.23. The van der Waals surface area contributed by atoms with E-state index in [1.54, 1.807) is 0 Å². The first kappa shape index (κ1) is 15.4. The topological polar surface area (TPSA) is 23.6 Å². The predicted octanol–water partition coefficient (Wildman–Crippen LogP) is 3.87. The van der Waals surface area contributed by atoms with Gasteiger partial charge in [-0.25, -0.2) is 0 Å². The molecule has 24 heavy (non-hydrogen) atoms. The number of benzene rings is 2. The van der Waals surface area contributed by atoms with Gasteiger partial charge >= 0.3 is 0 Å². The standard InChI is InChI=1S/C21H24N2O/c1-16-14-19-6-2-3-7-20(19)23(16)21(24)18-10-8-17(9-11-18)15-22-12-4-5-13-22/h2-3,6-11,16H,4-5,12-15H2,1H3/t16-/m0/s1. The fraction of sp³-hybridized carbons (Fsp3) is 0.381. The van der Waals surface area contributed by atoms with Crippen LogP contribution in [0.4, 0.5) is 5.69 Å². The molecular formula is C21H24N2O. The van der Waals surface area contributed by atoms with Gasteiger partial charge in [-0.1, -0.05) is 30.3 Å². The zero-order chi connectivity index (χ0) is 16.5. The maximum Gasteiger partial charge on any atom is 0.258 e. The predicted molar refractivity (Wildman–Crippen MR) is 97.4 cm³/mol. The summed E-state index contributed by atoms with van der Waals surface area (Å²) in [6, 6.07) is 16.7. The van der Waals surface area contributed by atoms with E-state index in [0.29, 0.717) is 0 Å². The SMILES string of the molecule is C[C@H]1Cc2ccccc2N1C(=O)c1ccc(CN2CCCC2)cc1. The van der Waals surface area contributed by atoms with E-state index in [1.807, 2.05) is 29.2 Å². The number of nitrogens with zero attached hydrogens (tertiary/aromatic N) is 2. The van der Waals surface area contributed by atoms with Gasteiger partial charge in [-0.05, 0) is 68.6 Å². The summed E-state index contributed by atoms with van der Waals surface area (Å²) in [6.07, 6.45) is 3.56. The molecular weight excluding hydrogens is 296 g/mol. The average Bonchev–Trinajstić information content (AvgIpc) is 3.21. The molecule has 2 aromatic rings. The molecule has 1 saturated heterocycles. The van der Waals surface area contributed by atoms with E-state index in [0.717, 1.165) is 24.2 Å². The van der Waals surface area contributed by atoms with Crippen LogP contribution in [0.25, 0.3) is 0 Å². The first-order valence-corrected chi connectivity index (χ1v) is 8.95. The number of rotatable bonds is 3. The van der Waals surface area contributed by atoms with Crippen LogP contribution in [0.5, 0.6) is 0 Å². The van der Waals surface area contributed by atoms with E-state index >= 15 is 0 Å². The van der Waals surface area contributed by atoms with Gasteiger partial charge in [0.15, 0.2) is 0 Å². The van der Waals surface area contributed by atoms with Gasteiger partial charge in [-0.2, -0.15) is 0 Å². The molecule has 0 unspecified atom stereocenters. The average molecular weight is 320 g/mol. The Labute approximate surface area is 143 Å². The molecule has 1 amide bonds. The molecule has 1 fully saturated rings. The second-order valence-corrected chi connectivity index (χ2v) is 7.04. The van der Waals surface area contributed by atoms with Gasteiger partial charge in [0.1, 0.15) is 0 Å². The zero-order valence-corrected chi connectivity index (χ0v) is 14.2. The molecule has 0 spiro atoms. The molecule has 0 aromatic heterocycles. The fourth-order valence-corrected chi connectivity index (χ4v) is 3.97. The number of carbonyl (C=O) groups is 1. The van der Waals surface area contributed by atoms with E-state index in [-0.39, 0.29) is 11.9 Å². The summed E-state index contributed by atoms with van der Waals surface area (Å²) in [4.78, 5) is 17.4. The number of hydrogen-bond acceptors (Lipinski definition) is 2. The summed E-state index contributed by atoms with van der Waals surface area (Å²) in [5, 5.41) is 0. The Hall–Kier alpha value is -2.13. The zero-order valence-electron chi connectivity index (χ0n) is 14.2. The van der Waals surface area contributed by atoms with Crippen molar-refractivity contribution in [3.63, 3.8) is 0 Å². The van der Waals surface area contributed by atoms with Crippen molar-refractivity contribution in [1.82, 2.24) is 4.90 Å². The first-order chi connectivity index (χ1) is 11.7. The Morgan fingerprint density at radius 2 is 1.75 bits per heavy atom. The molecule has 3 nitrogen and oxygen atoms in total. The molecule has 0 bridgehead atoms.